The maximum atomic E-state index is 7.62. The van der Waals surface area contributed by atoms with Gasteiger partial charge in [0.25, 0.3) is 0 Å². The van der Waals surface area contributed by atoms with E-state index in [0.29, 0.717) is 34.5 Å². The molecule has 1 unspecified atom stereocenters. The van der Waals surface area contributed by atoms with E-state index in [1.165, 1.54) is 27.1 Å². The van der Waals surface area contributed by atoms with Gasteiger partial charge in [-0.25, -0.2) is 0 Å². The monoisotopic (exact) mass is 1440 g/mol. The fourth-order valence-electron chi connectivity index (χ4n) is 18.5. The van der Waals surface area contributed by atoms with Gasteiger partial charge in [0.2, 0.25) is 0 Å². The Balaban J connectivity index is 0.698. The lowest BCUT2D eigenvalue weighted by atomic mass is 9.95. The lowest BCUT2D eigenvalue weighted by Crippen LogP contribution is -2.29. The minimum Gasteiger partial charge on any atom is -0.452 e. The van der Waals surface area contributed by atoms with Gasteiger partial charge in [-0.1, -0.05) is 170 Å². The maximum Gasteiger partial charge on any atom is 0.163 e. The summed E-state index contributed by atoms with van der Waals surface area (Å²) in [5, 5.41) is 12.8. The first-order valence-corrected chi connectivity index (χ1v) is 38.3. The molecule has 24 rings (SSSR count). The molecule has 4 aliphatic rings. The van der Waals surface area contributed by atoms with Gasteiger partial charge < -0.3 is 42.6 Å². The molecule has 0 saturated heterocycles. The molecule has 6 heterocycles. The highest BCUT2D eigenvalue weighted by molar-refractivity contribution is 6.17. The first-order chi connectivity index (χ1) is 55.5. The number of nitrogens with zero attached hydrogens (tertiary/aromatic N) is 7. The van der Waals surface area contributed by atoms with Crippen LogP contribution in [0.1, 0.15) is 6.42 Å². The summed E-state index contributed by atoms with van der Waals surface area (Å²) in [6.45, 7) is 0. The van der Waals surface area contributed by atoms with E-state index in [9.17, 15) is 0 Å². The molecule has 17 aromatic carbocycles. The van der Waals surface area contributed by atoms with E-state index in [0.717, 1.165) is 157 Å². The average molecular weight is 1440 g/mol. The van der Waals surface area contributed by atoms with Gasteiger partial charge in [-0.05, 0) is 229 Å². The molecule has 112 heavy (non-hydrogen) atoms. The molecular formula is C102H65N7O3. The first kappa shape index (κ1) is 62.1. The number of para-hydroxylation sites is 8. The summed E-state index contributed by atoms with van der Waals surface area (Å²) in [6.07, 6.45) is 9.76. The molecule has 20 aromatic rings. The Kier molecular flexibility index (Phi) is 13.4. The summed E-state index contributed by atoms with van der Waals surface area (Å²) < 4.78 is 30.0. The minimum absolute atomic E-state index is 0.0219. The molecule has 526 valence electrons. The van der Waals surface area contributed by atoms with Crippen LogP contribution >= 0.6 is 0 Å². The number of ether oxygens (including phenoxy) is 3. The van der Waals surface area contributed by atoms with Gasteiger partial charge in [0.15, 0.2) is 34.5 Å². The van der Waals surface area contributed by atoms with Gasteiger partial charge in [0, 0.05) is 111 Å². The molecular weight excluding hydrogens is 1370 g/mol. The van der Waals surface area contributed by atoms with Gasteiger partial charge in [-0.15, -0.1) is 0 Å². The highest BCUT2D eigenvalue weighted by atomic mass is 16.5. The molecule has 10 heteroatoms. The van der Waals surface area contributed by atoms with Gasteiger partial charge in [-0.2, -0.15) is 0 Å². The molecule has 0 fully saturated rings. The number of anilines is 11. The summed E-state index contributed by atoms with van der Waals surface area (Å²) in [6, 6.07) is 127. The third kappa shape index (κ3) is 9.33. The first-order valence-electron chi connectivity index (χ1n) is 38.3. The Labute approximate surface area is 644 Å². The van der Waals surface area contributed by atoms with E-state index < -0.39 is 0 Å². The number of fused-ring (bicyclic) bond motifs is 15. The third-order valence-corrected chi connectivity index (χ3v) is 23.3. The molecule has 0 saturated carbocycles. The number of aromatic nitrogens is 3. The Hall–Kier alpha value is -15.0. The van der Waals surface area contributed by atoms with E-state index in [1.807, 2.05) is 0 Å². The molecule has 0 amide bonds. The average Bonchev–Trinajstić information content (AvgIpc) is 1.14. The van der Waals surface area contributed by atoms with Crippen molar-refractivity contribution in [1.29, 1.82) is 0 Å². The Morgan fingerprint density at radius 1 is 0.250 bits per heavy atom. The van der Waals surface area contributed by atoms with Crippen LogP contribution in [0.2, 0.25) is 0 Å². The quantitative estimate of drug-likeness (QED) is 0.121. The van der Waals surface area contributed by atoms with Crippen molar-refractivity contribution in [3.05, 3.63) is 376 Å². The summed E-state index contributed by atoms with van der Waals surface area (Å²) in [5.74, 6) is 4.15. The van der Waals surface area contributed by atoms with Gasteiger partial charge in [0.1, 0.15) is 17.1 Å². The molecule has 0 bridgehead atoms. The lowest BCUT2D eigenvalue weighted by Gasteiger charge is -2.43. The van der Waals surface area contributed by atoms with Crippen molar-refractivity contribution in [2.45, 2.75) is 12.5 Å². The van der Waals surface area contributed by atoms with Crippen LogP contribution in [0.3, 0.4) is 0 Å². The normalized spacial score (nSPS) is 13.7. The fraction of sp³-hybridized carbons (Fsp3) is 0.0196. The van der Waals surface area contributed by atoms with Crippen LogP contribution in [0, 0.1) is 0 Å². The van der Waals surface area contributed by atoms with E-state index in [2.05, 4.69) is 409 Å². The maximum absolute atomic E-state index is 7.62. The molecule has 3 aromatic heterocycles. The topological polar surface area (TPSA) is 55.4 Å². The molecule has 3 aliphatic heterocycles. The highest BCUT2D eigenvalue weighted by Crippen LogP contribution is 2.70. The Morgan fingerprint density at radius 3 is 0.955 bits per heavy atom. The van der Waals surface area contributed by atoms with Crippen molar-refractivity contribution in [1.82, 2.24) is 13.7 Å². The number of benzene rings is 17. The van der Waals surface area contributed by atoms with E-state index in [-0.39, 0.29) is 6.04 Å². The SMILES string of the molecule is C1=CCC(N(c2ccc3c4c5c(cc3c2)Oc2c3c(cc6cc(N(c7ccccc7)c7ccc8c(c7)c7ccccc7n8-c7ccccc7)ccc26)Oc2c(c(cc6cc(N(c7ccccc7)c7ccc8c(c7)c7ccccc7n8-c7ccccc7)ccc26)O4)N35)c2ccc3c(c2)c2ccccc2n3-c2ccccc2)C=C1. The minimum atomic E-state index is 0.0219. The van der Waals surface area contributed by atoms with Crippen molar-refractivity contribution in [3.8, 4) is 51.6 Å². The van der Waals surface area contributed by atoms with Gasteiger partial charge in [-0.3, -0.25) is 4.90 Å². The second kappa shape index (κ2) is 24.3. The molecule has 1 atom stereocenters. The Morgan fingerprint density at radius 2 is 0.562 bits per heavy atom. The summed E-state index contributed by atoms with van der Waals surface area (Å²) >= 11 is 0. The lowest BCUT2D eigenvalue weighted by molar-refractivity contribution is 0.426. The highest BCUT2D eigenvalue weighted by Gasteiger charge is 2.45. The number of hydrogen-bond acceptors (Lipinski definition) is 7. The van der Waals surface area contributed by atoms with Gasteiger partial charge >= 0.3 is 0 Å². The van der Waals surface area contributed by atoms with Crippen molar-refractivity contribution >= 4 is 160 Å². The van der Waals surface area contributed by atoms with Crippen molar-refractivity contribution in [2.75, 3.05) is 19.6 Å². The van der Waals surface area contributed by atoms with E-state index >= 15 is 0 Å². The van der Waals surface area contributed by atoms with Crippen LogP contribution in [-0.2, 0) is 0 Å². The van der Waals surface area contributed by atoms with Crippen LogP contribution in [-0.4, -0.2) is 19.7 Å². The summed E-state index contributed by atoms with van der Waals surface area (Å²) in [4.78, 5) is 9.61. The van der Waals surface area contributed by atoms with Crippen LogP contribution < -0.4 is 33.8 Å². The molecule has 0 N–H and O–H groups in total. The zero-order valence-corrected chi connectivity index (χ0v) is 60.4. The number of rotatable bonds is 12. The van der Waals surface area contributed by atoms with E-state index in [4.69, 9.17) is 14.2 Å². The predicted octanol–water partition coefficient (Wildman–Crippen LogP) is 28.2. The van der Waals surface area contributed by atoms with Crippen molar-refractivity contribution in [2.24, 2.45) is 0 Å². The standard InChI is InChI=1S/C102H65N7O3/c1-7-25-67(26-8-1)103(76-46-52-91-85(61-76)82-37-19-22-40-88(82)106(91)70-31-13-4-14-32-70)73-43-49-79-64(55-73)58-94-97-100(79)111-95-59-65-56-75(105(69-29-11-3-12-30-69)78-48-54-93-87(63-78)84-39-21-24-42-90(84)108(93)72-35-17-6-18-36-72)45-51-81(65)102-98(95)109(97)99-96(112-102)60-66-57-74(44-50-80(66)101(99)110-94)104(68-27-9-2-10-28-68)77-47-53-92-86(62-77)83-38-20-23-41-89(83)107(92)71-33-15-5-16-34-71/h1-29,31-63,69H,30H2. The molecule has 10 nitrogen and oxygen atoms in total. The Bertz CT molecular complexity index is 7200. The molecule has 0 spiro atoms. The van der Waals surface area contributed by atoms with Gasteiger partial charge in [0.05, 0.1) is 39.1 Å². The fourth-order valence-corrected chi connectivity index (χ4v) is 18.5. The van der Waals surface area contributed by atoms with E-state index in [1.54, 1.807) is 0 Å². The van der Waals surface area contributed by atoms with Crippen molar-refractivity contribution < 1.29 is 14.2 Å². The van der Waals surface area contributed by atoms with Crippen LogP contribution in [0.15, 0.2) is 376 Å². The summed E-state index contributed by atoms with van der Waals surface area (Å²) in [5.41, 5.74) is 21.0. The van der Waals surface area contributed by atoms with Crippen LogP contribution in [0.4, 0.5) is 62.6 Å². The number of allylic oxidation sites excluding steroid dienone is 2. The van der Waals surface area contributed by atoms with Crippen LogP contribution in [0.25, 0.3) is 115 Å². The second-order valence-corrected chi connectivity index (χ2v) is 29.5. The zero-order chi connectivity index (χ0) is 73.2. The molecule has 1 aliphatic carbocycles. The second-order valence-electron chi connectivity index (χ2n) is 29.5. The number of hydrogen-bond donors (Lipinski definition) is 0. The largest absolute Gasteiger partial charge is 0.452 e. The van der Waals surface area contributed by atoms with Crippen molar-refractivity contribution in [3.63, 3.8) is 0 Å². The smallest absolute Gasteiger partial charge is 0.163 e. The summed E-state index contributed by atoms with van der Waals surface area (Å²) in [7, 11) is 0. The zero-order valence-electron chi connectivity index (χ0n) is 60.4. The van der Waals surface area contributed by atoms with Crippen LogP contribution in [0.5, 0.6) is 34.5 Å². The third-order valence-electron chi connectivity index (χ3n) is 23.3. The molecule has 0 radical (unpaired) electrons. The predicted molar refractivity (Wildman–Crippen MR) is 462 cm³/mol.